The van der Waals surface area contributed by atoms with Crippen LogP contribution in [0.15, 0.2) is 48.7 Å². The van der Waals surface area contributed by atoms with Crippen molar-refractivity contribution in [1.29, 1.82) is 0 Å². The van der Waals surface area contributed by atoms with E-state index in [-0.39, 0.29) is 23.6 Å². The van der Waals surface area contributed by atoms with E-state index in [1.807, 2.05) is 18.2 Å². The topological polar surface area (TPSA) is 53.5 Å². The normalized spacial score (nSPS) is 25.4. The molecular weight excluding hydrogens is 358 g/mol. The highest BCUT2D eigenvalue weighted by Crippen LogP contribution is 2.29. The van der Waals surface area contributed by atoms with Crippen LogP contribution < -0.4 is 0 Å². The Morgan fingerprint density at radius 1 is 0.926 bits per heavy atom. The van der Waals surface area contributed by atoms with Crippen LogP contribution >= 0.6 is 0 Å². The predicted octanol–water partition coefficient (Wildman–Crippen LogP) is 2.13. The van der Waals surface area contributed by atoms with E-state index in [1.54, 1.807) is 6.20 Å². The third kappa shape index (κ3) is 4.23. The zero-order valence-electron chi connectivity index (χ0n) is 15.8. The van der Waals surface area contributed by atoms with Gasteiger partial charge in [-0.05, 0) is 29.7 Å². The quantitative estimate of drug-likeness (QED) is 0.789. The fraction of sp³-hybridized carbons (Fsp3) is 0.476. The van der Waals surface area contributed by atoms with Crippen LogP contribution in [0.4, 0.5) is 0 Å². The lowest BCUT2D eigenvalue weighted by Crippen LogP contribution is -2.58. The molecule has 2 aromatic rings. The molecule has 0 saturated carbocycles. The lowest BCUT2D eigenvalue weighted by atomic mass is 10.0. The summed E-state index contributed by atoms with van der Waals surface area (Å²) in [4.78, 5) is 9.10. The Morgan fingerprint density at radius 3 is 2.15 bits per heavy atom. The number of aromatic nitrogens is 1. The second-order valence-electron chi connectivity index (χ2n) is 7.64. The minimum Gasteiger partial charge on any atom is -0.292 e. The minimum absolute atomic E-state index is 0.0562. The molecule has 0 unspecified atom stereocenters. The summed E-state index contributed by atoms with van der Waals surface area (Å²) in [7, 11) is -2.99. The summed E-state index contributed by atoms with van der Waals surface area (Å²) >= 11 is 0. The molecule has 2 fully saturated rings. The molecule has 0 amide bonds. The molecule has 0 radical (unpaired) electrons. The Labute approximate surface area is 161 Å². The summed E-state index contributed by atoms with van der Waals surface area (Å²) in [6.45, 7) is 5.46. The zero-order valence-corrected chi connectivity index (χ0v) is 16.6. The van der Waals surface area contributed by atoms with Crippen LogP contribution in [0.2, 0.25) is 0 Å². The van der Waals surface area contributed by atoms with Crippen molar-refractivity contribution in [2.24, 2.45) is 0 Å². The van der Waals surface area contributed by atoms with Gasteiger partial charge in [0.1, 0.15) is 0 Å². The van der Waals surface area contributed by atoms with Crippen molar-refractivity contribution in [3.05, 3.63) is 65.5 Å². The summed E-state index contributed by atoms with van der Waals surface area (Å²) in [5.41, 5.74) is 3.60. The van der Waals surface area contributed by atoms with Gasteiger partial charge in [-0.25, -0.2) is 8.42 Å². The van der Waals surface area contributed by atoms with E-state index in [4.69, 9.17) is 0 Å². The minimum atomic E-state index is -2.99. The Bertz CT molecular complexity index is 868. The maximum atomic E-state index is 12.4. The SMILES string of the molecule is CCc1ccc(CN2CCN(Cc3ccccn3)[C@@H]3CS(=O)(=O)C[C@@H]32)cc1. The van der Waals surface area contributed by atoms with Crippen LogP contribution in [0, 0.1) is 0 Å². The van der Waals surface area contributed by atoms with Gasteiger partial charge in [-0.2, -0.15) is 0 Å². The fourth-order valence-corrected chi connectivity index (χ4v) is 6.35. The summed E-state index contributed by atoms with van der Waals surface area (Å²) < 4.78 is 24.8. The monoisotopic (exact) mass is 385 g/mol. The highest BCUT2D eigenvalue weighted by molar-refractivity contribution is 7.91. The Balaban J connectivity index is 1.51. The molecule has 2 aliphatic heterocycles. The molecule has 2 saturated heterocycles. The highest BCUT2D eigenvalue weighted by Gasteiger charge is 2.46. The predicted molar refractivity (Wildman–Crippen MR) is 107 cm³/mol. The second-order valence-corrected chi connectivity index (χ2v) is 9.80. The molecule has 6 heteroatoms. The molecule has 0 spiro atoms. The molecule has 1 aromatic heterocycles. The van der Waals surface area contributed by atoms with Gasteiger partial charge >= 0.3 is 0 Å². The van der Waals surface area contributed by atoms with E-state index in [9.17, 15) is 8.42 Å². The Hall–Kier alpha value is -1.76. The number of aryl methyl sites for hydroxylation is 1. The Morgan fingerprint density at radius 2 is 1.56 bits per heavy atom. The van der Waals surface area contributed by atoms with E-state index in [0.29, 0.717) is 0 Å². The molecule has 2 aliphatic rings. The third-order valence-electron chi connectivity index (χ3n) is 5.81. The molecule has 0 aliphatic carbocycles. The molecule has 4 rings (SSSR count). The summed E-state index contributed by atoms with van der Waals surface area (Å²) in [6.07, 6.45) is 2.84. The number of rotatable bonds is 5. The Kier molecular flexibility index (Phi) is 5.30. The number of hydrogen-bond donors (Lipinski definition) is 0. The first kappa shape index (κ1) is 18.6. The second kappa shape index (κ2) is 7.70. The first-order chi connectivity index (χ1) is 13.0. The van der Waals surface area contributed by atoms with Crippen molar-refractivity contribution in [2.75, 3.05) is 24.6 Å². The van der Waals surface area contributed by atoms with E-state index < -0.39 is 9.84 Å². The number of sulfone groups is 1. The number of pyridine rings is 1. The maximum absolute atomic E-state index is 12.4. The molecule has 1 aromatic carbocycles. The fourth-order valence-electron chi connectivity index (χ4n) is 4.30. The van der Waals surface area contributed by atoms with Crippen molar-refractivity contribution >= 4 is 9.84 Å². The summed E-state index contributed by atoms with van der Waals surface area (Å²) in [5, 5.41) is 0. The number of fused-ring (bicyclic) bond motifs is 1. The zero-order chi connectivity index (χ0) is 18.9. The van der Waals surface area contributed by atoms with Gasteiger partial charge in [-0.1, -0.05) is 37.3 Å². The van der Waals surface area contributed by atoms with E-state index in [2.05, 4.69) is 46.0 Å². The van der Waals surface area contributed by atoms with Crippen molar-refractivity contribution in [3.63, 3.8) is 0 Å². The van der Waals surface area contributed by atoms with Crippen molar-refractivity contribution in [2.45, 2.75) is 38.5 Å². The number of benzene rings is 1. The maximum Gasteiger partial charge on any atom is 0.153 e. The average Bonchev–Trinajstić information content (AvgIpc) is 3.01. The molecule has 2 atom stereocenters. The van der Waals surface area contributed by atoms with Crippen LogP contribution in [0.3, 0.4) is 0 Å². The standard InChI is InChI=1S/C21H27N3O2S/c1-2-17-6-8-18(9-7-17)13-23-11-12-24(14-19-5-3-4-10-22-19)21-16-27(25,26)15-20(21)23/h3-10,20-21H,2,11-16H2,1H3/t20-,21+/m0/s1. The summed E-state index contributed by atoms with van der Waals surface area (Å²) in [5.74, 6) is 0.527. The molecule has 0 N–H and O–H groups in total. The average molecular weight is 386 g/mol. The molecule has 3 heterocycles. The number of nitrogens with zero attached hydrogens (tertiary/aromatic N) is 3. The van der Waals surface area contributed by atoms with Crippen LogP contribution in [-0.4, -0.2) is 59.9 Å². The first-order valence-electron chi connectivity index (χ1n) is 9.70. The highest BCUT2D eigenvalue weighted by atomic mass is 32.2. The largest absolute Gasteiger partial charge is 0.292 e. The molecule has 144 valence electrons. The molecule has 5 nitrogen and oxygen atoms in total. The lowest BCUT2D eigenvalue weighted by molar-refractivity contribution is 0.0348. The van der Waals surface area contributed by atoms with E-state index in [1.165, 1.54) is 11.1 Å². The summed E-state index contributed by atoms with van der Waals surface area (Å²) in [6, 6.07) is 14.7. The van der Waals surface area contributed by atoms with Crippen LogP contribution in [0.25, 0.3) is 0 Å². The van der Waals surface area contributed by atoms with Gasteiger partial charge in [-0.15, -0.1) is 0 Å². The number of piperazine rings is 1. The van der Waals surface area contributed by atoms with E-state index in [0.717, 1.165) is 38.3 Å². The van der Waals surface area contributed by atoms with Crippen molar-refractivity contribution in [3.8, 4) is 0 Å². The molecule has 0 bridgehead atoms. The smallest absolute Gasteiger partial charge is 0.153 e. The van der Waals surface area contributed by atoms with Gasteiger partial charge in [0.15, 0.2) is 9.84 Å². The van der Waals surface area contributed by atoms with Crippen molar-refractivity contribution < 1.29 is 8.42 Å². The molecule has 27 heavy (non-hydrogen) atoms. The lowest BCUT2D eigenvalue weighted by Gasteiger charge is -2.43. The van der Waals surface area contributed by atoms with Gasteiger partial charge in [0.25, 0.3) is 0 Å². The van der Waals surface area contributed by atoms with Crippen molar-refractivity contribution in [1.82, 2.24) is 14.8 Å². The van der Waals surface area contributed by atoms with Gasteiger partial charge in [0.2, 0.25) is 0 Å². The van der Waals surface area contributed by atoms with Gasteiger partial charge in [0, 0.05) is 44.5 Å². The van der Waals surface area contributed by atoms with Gasteiger partial charge in [-0.3, -0.25) is 14.8 Å². The number of hydrogen-bond acceptors (Lipinski definition) is 5. The van der Waals surface area contributed by atoms with Crippen LogP contribution in [0.5, 0.6) is 0 Å². The third-order valence-corrected chi connectivity index (χ3v) is 7.51. The van der Waals surface area contributed by atoms with Gasteiger partial charge in [0.05, 0.1) is 17.2 Å². The van der Waals surface area contributed by atoms with Gasteiger partial charge < -0.3 is 0 Å². The molecular formula is C21H27N3O2S. The van der Waals surface area contributed by atoms with E-state index >= 15 is 0 Å². The van der Waals surface area contributed by atoms with Crippen LogP contribution in [0.1, 0.15) is 23.7 Å². The van der Waals surface area contributed by atoms with Crippen LogP contribution in [-0.2, 0) is 29.3 Å². The first-order valence-corrected chi connectivity index (χ1v) is 11.5.